The minimum atomic E-state index is -3.13. The number of azide groups is 1. The summed E-state index contributed by atoms with van der Waals surface area (Å²) in [4.78, 5) is 2.65. The third-order valence-electron chi connectivity index (χ3n) is 3.25. The average molecular weight is 274 g/mol. The summed E-state index contributed by atoms with van der Waals surface area (Å²) in [5.74, 6) is 0.600. The van der Waals surface area contributed by atoms with E-state index in [2.05, 4.69) is 14.7 Å². The minimum Gasteiger partial charge on any atom is -0.215 e. The van der Waals surface area contributed by atoms with Crippen molar-refractivity contribution in [3.8, 4) is 0 Å². The van der Waals surface area contributed by atoms with E-state index < -0.39 is 10.0 Å². The molecule has 18 heavy (non-hydrogen) atoms. The molecule has 0 spiro atoms. The van der Waals surface area contributed by atoms with E-state index >= 15 is 0 Å². The third kappa shape index (κ3) is 6.83. The van der Waals surface area contributed by atoms with Gasteiger partial charge in [-0.15, -0.1) is 0 Å². The van der Waals surface area contributed by atoms with E-state index in [1.807, 2.05) is 0 Å². The van der Waals surface area contributed by atoms with Crippen LogP contribution >= 0.6 is 0 Å². The summed E-state index contributed by atoms with van der Waals surface area (Å²) in [6.45, 7) is 0.872. The second-order valence-corrected chi connectivity index (χ2v) is 6.69. The van der Waals surface area contributed by atoms with Crippen LogP contribution in [0.25, 0.3) is 10.4 Å². The highest BCUT2D eigenvalue weighted by Crippen LogP contribution is 2.24. The lowest BCUT2D eigenvalue weighted by atomic mass is 9.91. The van der Waals surface area contributed by atoms with E-state index in [0.717, 1.165) is 32.1 Å². The Bertz CT molecular complexity index is 371. The maximum absolute atomic E-state index is 11.8. The molecule has 0 atom stereocenters. The second-order valence-electron chi connectivity index (χ2n) is 4.84. The van der Waals surface area contributed by atoms with Crippen LogP contribution in [0.5, 0.6) is 0 Å². The van der Waals surface area contributed by atoms with Gasteiger partial charge in [0, 0.05) is 18.0 Å². The average Bonchev–Trinajstić information content (AvgIpc) is 2.34. The van der Waals surface area contributed by atoms with Gasteiger partial charge in [0.05, 0.1) is 5.75 Å². The Hall–Kier alpha value is -0.780. The molecule has 0 bridgehead atoms. The van der Waals surface area contributed by atoms with Crippen molar-refractivity contribution in [2.45, 2.75) is 44.9 Å². The van der Waals surface area contributed by atoms with E-state index in [9.17, 15) is 8.42 Å². The lowest BCUT2D eigenvalue weighted by Gasteiger charge is -2.21. The van der Waals surface area contributed by atoms with E-state index in [-0.39, 0.29) is 5.75 Å². The van der Waals surface area contributed by atoms with Crippen LogP contribution in [0.2, 0.25) is 0 Å². The van der Waals surface area contributed by atoms with E-state index in [0.29, 0.717) is 25.4 Å². The molecule has 0 amide bonds. The van der Waals surface area contributed by atoms with Gasteiger partial charge in [0.2, 0.25) is 10.0 Å². The highest BCUT2D eigenvalue weighted by atomic mass is 32.2. The highest BCUT2D eigenvalue weighted by Gasteiger charge is 2.20. The fourth-order valence-electron chi connectivity index (χ4n) is 2.30. The van der Waals surface area contributed by atoms with Crippen molar-refractivity contribution in [1.82, 2.24) is 4.72 Å². The van der Waals surface area contributed by atoms with Crippen LogP contribution in [-0.4, -0.2) is 27.3 Å². The smallest absolute Gasteiger partial charge is 0.211 e. The lowest BCUT2D eigenvalue weighted by molar-refractivity contribution is 0.384. The molecular formula is C11H22N4O2S. The van der Waals surface area contributed by atoms with Gasteiger partial charge < -0.3 is 0 Å². The molecule has 0 aromatic carbocycles. The second kappa shape index (κ2) is 8.34. The van der Waals surface area contributed by atoms with Crippen LogP contribution in [0.3, 0.4) is 0 Å². The van der Waals surface area contributed by atoms with Gasteiger partial charge in [-0.3, -0.25) is 0 Å². The molecule has 0 heterocycles. The van der Waals surface area contributed by atoms with Crippen molar-refractivity contribution in [3.05, 3.63) is 10.4 Å². The summed E-state index contributed by atoms with van der Waals surface area (Å²) in [5, 5.41) is 3.40. The zero-order valence-electron chi connectivity index (χ0n) is 10.7. The molecule has 1 fully saturated rings. The normalized spacial score (nSPS) is 17.3. The van der Waals surface area contributed by atoms with Crippen molar-refractivity contribution in [1.29, 1.82) is 0 Å². The molecule has 1 aliphatic carbocycles. The Kier molecular flexibility index (Phi) is 7.08. The molecule has 1 aliphatic rings. The van der Waals surface area contributed by atoms with Gasteiger partial charge in [0.1, 0.15) is 0 Å². The fourth-order valence-corrected chi connectivity index (χ4v) is 3.83. The first-order valence-electron chi connectivity index (χ1n) is 6.62. The van der Waals surface area contributed by atoms with E-state index in [1.54, 1.807) is 0 Å². The monoisotopic (exact) mass is 274 g/mol. The fraction of sp³-hybridized carbons (Fsp3) is 1.00. The summed E-state index contributed by atoms with van der Waals surface area (Å²) in [7, 11) is -3.13. The summed E-state index contributed by atoms with van der Waals surface area (Å²) < 4.78 is 26.2. The van der Waals surface area contributed by atoms with Crippen LogP contribution in [0, 0.1) is 5.92 Å². The molecule has 1 N–H and O–H groups in total. The molecule has 0 aromatic rings. The van der Waals surface area contributed by atoms with Gasteiger partial charge in [-0.1, -0.05) is 24.4 Å². The Labute approximate surface area is 109 Å². The van der Waals surface area contributed by atoms with Gasteiger partial charge in [-0.2, -0.15) is 0 Å². The Morgan fingerprint density at radius 3 is 2.61 bits per heavy atom. The molecule has 6 nitrogen and oxygen atoms in total. The first-order valence-corrected chi connectivity index (χ1v) is 8.27. The van der Waals surface area contributed by atoms with Crippen LogP contribution in [0.1, 0.15) is 44.9 Å². The molecular weight excluding hydrogens is 252 g/mol. The van der Waals surface area contributed by atoms with Crippen LogP contribution in [0.4, 0.5) is 0 Å². The molecule has 0 radical (unpaired) electrons. The van der Waals surface area contributed by atoms with Crippen molar-refractivity contribution in [3.63, 3.8) is 0 Å². The molecule has 0 saturated heterocycles. The summed E-state index contributed by atoms with van der Waals surface area (Å²) in [5.41, 5.74) is 8.08. The van der Waals surface area contributed by atoms with Crippen molar-refractivity contribution >= 4 is 10.0 Å². The molecule has 0 aliphatic heterocycles. The number of nitrogens with zero attached hydrogens (tertiary/aromatic N) is 3. The Balaban J connectivity index is 2.16. The minimum absolute atomic E-state index is 0.267. The van der Waals surface area contributed by atoms with E-state index in [1.165, 1.54) is 6.42 Å². The van der Waals surface area contributed by atoms with Crippen molar-refractivity contribution in [2.24, 2.45) is 11.0 Å². The SMILES string of the molecule is [N-]=[N+]=NCCCCNS(=O)(=O)CC1CCCCC1. The lowest BCUT2D eigenvalue weighted by Crippen LogP contribution is -2.31. The van der Waals surface area contributed by atoms with Gasteiger partial charge in [0.15, 0.2) is 0 Å². The summed E-state index contributed by atoms with van der Waals surface area (Å²) >= 11 is 0. The number of hydrogen-bond donors (Lipinski definition) is 1. The number of hydrogen-bond acceptors (Lipinski definition) is 3. The van der Waals surface area contributed by atoms with Crippen LogP contribution < -0.4 is 4.72 Å². The maximum atomic E-state index is 11.8. The molecule has 7 heteroatoms. The molecule has 104 valence electrons. The van der Waals surface area contributed by atoms with Crippen molar-refractivity contribution < 1.29 is 8.42 Å². The van der Waals surface area contributed by atoms with Gasteiger partial charge in [-0.05, 0) is 37.1 Å². The summed E-state index contributed by atoms with van der Waals surface area (Å²) in [6, 6.07) is 0. The van der Waals surface area contributed by atoms with Crippen LogP contribution in [0.15, 0.2) is 5.11 Å². The first kappa shape index (κ1) is 15.3. The maximum Gasteiger partial charge on any atom is 0.211 e. The third-order valence-corrected chi connectivity index (χ3v) is 4.80. The molecule has 1 rings (SSSR count). The van der Waals surface area contributed by atoms with Gasteiger partial charge in [-0.25, -0.2) is 13.1 Å². The first-order chi connectivity index (χ1) is 8.64. The quantitative estimate of drug-likeness (QED) is 0.319. The Morgan fingerprint density at radius 2 is 1.94 bits per heavy atom. The molecule has 1 saturated carbocycles. The van der Waals surface area contributed by atoms with E-state index in [4.69, 9.17) is 5.53 Å². The zero-order valence-corrected chi connectivity index (χ0v) is 11.5. The number of nitrogens with one attached hydrogen (secondary N) is 1. The van der Waals surface area contributed by atoms with Crippen LogP contribution in [-0.2, 0) is 10.0 Å². The summed E-state index contributed by atoms with van der Waals surface area (Å²) in [6.07, 6.45) is 7.07. The predicted octanol–water partition coefficient (Wildman–Crippen LogP) is 2.58. The molecule has 0 aromatic heterocycles. The zero-order chi connectivity index (χ0) is 13.3. The highest BCUT2D eigenvalue weighted by molar-refractivity contribution is 7.89. The number of unbranched alkanes of at least 4 members (excludes halogenated alkanes) is 1. The standard InChI is InChI=1S/C11H22N4O2S/c12-15-13-8-4-5-9-14-18(16,17)10-11-6-2-1-3-7-11/h11,14H,1-10H2. The predicted molar refractivity (Wildman–Crippen MR) is 71.6 cm³/mol. The topological polar surface area (TPSA) is 94.9 Å². The van der Waals surface area contributed by atoms with Gasteiger partial charge in [0.25, 0.3) is 0 Å². The molecule has 0 unspecified atom stereocenters. The van der Waals surface area contributed by atoms with Gasteiger partial charge >= 0.3 is 0 Å². The Morgan fingerprint density at radius 1 is 1.22 bits per heavy atom. The van der Waals surface area contributed by atoms with Crippen molar-refractivity contribution in [2.75, 3.05) is 18.8 Å². The largest absolute Gasteiger partial charge is 0.215 e. The number of rotatable bonds is 8. The number of sulfonamides is 1.